The van der Waals surface area contributed by atoms with Crippen LogP contribution in [-0.4, -0.2) is 63.4 Å². The van der Waals surface area contributed by atoms with Crippen molar-refractivity contribution in [2.24, 2.45) is 0 Å². The Hall–Kier alpha value is -3.71. The maximum atomic E-state index is 13.7. The van der Waals surface area contributed by atoms with E-state index in [1.165, 1.54) is 12.1 Å². The van der Waals surface area contributed by atoms with Gasteiger partial charge in [0, 0.05) is 40.6 Å². The van der Waals surface area contributed by atoms with E-state index < -0.39 is 34.5 Å². The van der Waals surface area contributed by atoms with Crippen molar-refractivity contribution >= 4 is 56.0 Å². The van der Waals surface area contributed by atoms with Gasteiger partial charge in [-0.1, -0.05) is 35.3 Å². The van der Waals surface area contributed by atoms with Gasteiger partial charge in [-0.25, -0.2) is 18.4 Å². The molecule has 2 aromatic heterocycles. The molecule has 11 nitrogen and oxygen atoms in total. The van der Waals surface area contributed by atoms with Crippen molar-refractivity contribution in [3.05, 3.63) is 76.4 Å². The second kappa shape index (κ2) is 11.6. The number of halogens is 2. The van der Waals surface area contributed by atoms with Crippen molar-refractivity contribution < 1.29 is 27.9 Å². The number of carboxylic acids is 1. The van der Waals surface area contributed by atoms with E-state index >= 15 is 0 Å². The van der Waals surface area contributed by atoms with E-state index in [2.05, 4.69) is 15.3 Å². The molecule has 0 radical (unpaired) electrons. The summed E-state index contributed by atoms with van der Waals surface area (Å²) in [5.74, 6) is -1.47. The zero-order chi connectivity index (χ0) is 29.3. The number of pyridine rings is 1. The number of fused-ring (bicyclic) bond motifs is 1. The highest BCUT2D eigenvalue weighted by Gasteiger charge is 2.40. The normalized spacial score (nSPS) is 15.7. The molecule has 1 saturated heterocycles. The number of nitrogens with zero attached hydrogens (tertiary/aromatic N) is 4. The van der Waals surface area contributed by atoms with E-state index in [1.54, 1.807) is 18.6 Å². The van der Waals surface area contributed by atoms with Crippen LogP contribution >= 0.6 is 23.2 Å². The quantitative estimate of drug-likeness (QED) is 0.287. The molecule has 1 aliphatic heterocycles. The lowest BCUT2D eigenvalue weighted by Gasteiger charge is -2.24. The van der Waals surface area contributed by atoms with Crippen LogP contribution in [0.4, 0.5) is 0 Å². The Balaban J connectivity index is 1.45. The van der Waals surface area contributed by atoms with Crippen LogP contribution < -0.4 is 10.1 Å². The Kier molecular flexibility index (Phi) is 8.18. The van der Waals surface area contributed by atoms with Gasteiger partial charge in [0.2, 0.25) is 15.9 Å². The molecule has 4 aromatic rings. The lowest BCUT2D eigenvalue weighted by Crippen LogP contribution is -2.47. The van der Waals surface area contributed by atoms with Crippen molar-refractivity contribution in [1.29, 1.82) is 0 Å². The fourth-order valence-corrected chi connectivity index (χ4v) is 7.33. The number of aliphatic carboxylic acids is 1. The molecule has 1 atom stereocenters. The van der Waals surface area contributed by atoms with Gasteiger partial charge < -0.3 is 19.7 Å². The van der Waals surface area contributed by atoms with Gasteiger partial charge in [0.25, 0.3) is 0 Å². The van der Waals surface area contributed by atoms with E-state index in [9.17, 15) is 18.0 Å². The number of hydrogen-bond acceptors (Lipinski definition) is 7. The number of benzene rings is 2. The van der Waals surface area contributed by atoms with E-state index in [-0.39, 0.29) is 40.1 Å². The molecule has 41 heavy (non-hydrogen) atoms. The first kappa shape index (κ1) is 28.8. The number of hydrogen-bond donors (Lipinski definition) is 2. The molecule has 0 aliphatic carbocycles. The molecular formula is C27H25Cl2N5O6S. The molecule has 2 aromatic carbocycles. The Labute approximate surface area is 245 Å². The predicted molar refractivity (Wildman–Crippen MR) is 152 cm³/mol. The second-order valence-electron chi connectivity index (χ2n) is 9.42. The summed E-state index contributed by atoms with van der Waals surface area (Å²) in [7, 11) is -4.24. The summed E-state index contributed by atoms with van der Waals surface area (Å²) in [5, 5.41) is 12.0. The van der Waals surface area contributed by atoms with Crippen molar-refractivity contribution in [3.63, 3.8) is 0 Å². The minimum Gasteiger partial charge on any atom is -0.487 e. The summed E-state index contributed by atoms with van der Waals surface area (Å²) in [6.45, 7) is 1.18. The van der Waals surface area contributed by atoms with Gasteiger partial charge in [-0.3, -0.25) is 9.59 Å². The fraction of sp³-hybridized carbons (Fsp3) is 0.259. The first-order chi connectivity index (χ1) is 19.6. The topological polar surface area (TPSA) is 144 Å². The minimum atomic E-state index is -4.24. The van der Waals surface area contributed by atoms with Gasteiger partial charge in [0.1, 0.15) is 35.4 Å². The van der Waals surface area contributed by atoms with E-state index in [0.29, 0.717) is 17.7 Å². The SMILES string of the molecule is Cc1cc(-n2ccnc2)c2cccc(OCc3c(Cl)ccc(S(=O)(=O)N4CCC[C@H]4C(=O)NCC(=O)O)c3Cl)c2n1. The third-order valence-electron chi connectivity index (χ3n) is 6.72. The van der Waals surface area contributed by atoms with Crippen LogP contribution in [0.2, 0.25) is 10.0 Å². The first-order valence-corrected chi connectivity index (χ1v) is 14.8. The number of nitrogens with one attached hydrogen (secondary N) is 1. The molecule has 214 valence electrons. The van der Waals surface area contributed by atoms with Crippen molar-refractivity contribution in [3.8, 4) is 11.4 Å². The lowest BCUT2D eigenvalue weighted by molar-refractivity contribution is -0.138. The maximum Gasteiger partial charge on any atom is 0.322 e. The number of carbonyl (C=O) groups is 2. The highest BCUT2D eigenvalue weighted by atomic mass is 35.5. The van der Waals surface area contributed by atoms with Crippen LogP contribution in [0.1, 0.15) is 24.1 Å². The number of ether oxygens (including phenoxy) is 1. The third kappa shape index (κ3) is 5.73. The molecule has 0 spiro atoms. The number of amides is 1. The number of rotatable bonds is 9. The van der Waals surface area contributed by atoms with Crippen LogP contribution in [0.15, 0.2) is 60.0 Å². The molecule has 2 N–H and O–H groups in total. The molecule has 1 fully saturated rings. The number of carboxylic acid groups (broad SMARTS) is 1. The van der Waals surface area contributed by atoms with Gasteiger partial charge in [0.15, 0.2) is 0 Å². The molecule has 0 saturated carbocycles. The summed E-state index contributed by atoms with van der Waals surface area (Å²) in [5.41, 5.74) is 2.47. The molecule has 5 rings (SSSR count). The maximum absolute atomic E-state index is 13.7. The van der Waals surface area contributed by atoms with E-state index in [4.69, 9.17) is 33.0 Å². The summed E-state index contributed by atoms with van der Waals surface area (Å²) in [6.07, 6.45) is 5.88. The van der Waals surface area contributed by atoms with E-state index in [1.807, 2.05) is 35.9 Å². The zero-order valence-corrected chi connectivity index (χ0v) is 24.1. The van der Waals surface area contributed by atoms with Crippen molar-refractivity contribution in [2.45, 2.75) is 37.3 Å². The third-order valence-corrected chi connectivity index (χ3v) is 9.57. The molecule has 0 bridgehead atoms. The Morgan fingerprint density at radius 1 is 1.22 bits per heavy atom. The van der Waals surface area contributed by atoms with Crippen molar-refractivity contribution in [2.75, 3.05) is 13.1 Å². The van der Waals surface area contributed by atoms with Gasteiger partial charge in [0.05, 0.1) is 17.0 Å². The lowest BCUT2D eigenvalue weighted by atomic mass is 10.1. The average Bonchev–Trinajstić information content (AvgIpc) is 3.64. The van der Waals surface area contributed by atoms with Gasteiger partial charge in [-0.15, -0.1) is 0 Å². The monoisotopic (exact) mass is 617 g/mol. The molecule has 0 unspecified atom stereocenters. The van der Waals surface area contributed by atoms with Gasteiger partial charge >= 0.3 is 5.97 Å². The van der Waals surface area contributed by atoms with Gasteiger partial charge in [-0.05, 0) is 44.0 Å². The number of para-hydroxylation sites is 1. The largest absolute Gasteiger partial charge is 0.487 e. The Morgan fingerprint density at radius 3 is 2.76 bits per heavy atom. The average molecular weight is 618 g/mol. The highest BCUT2D eigenvalue weighted by molar-refractivity contribution is 7.89. The number of aromatic nitrogens is 3. The van der Waals surface area contributed by atoms with Gasteiger partial charge in [-0.2, -0.15) is 4.31 Å². The number of carbonyl (C=O) groups excluding carboxylic acids is 1. The van der Waals surface area contributed by atoms with Crippen LogP contribution in [0.25, 0.3) is 16.6 Å². The minimum absolute atomic E-state index is 0.0819. The summed E-state index contributed by atoms with van der Waals surface area (Å²) >= 11 is 13.1. The van der Waals surface area contributed by atoms with Crippen LogP contribution in [0.5, 0.6) is 5.75 Å². The van der Waals surface area contributed by atoms with Crippen LogP contribution in [0.3, 0.4) is 0 Å². The molecule has 1 aliphatic rings. The summed E-state index contributed by atoms with van der Waals surface area (Å²) < 4.78 is 36.3. The molecule has 3 heterocycles. The van der Waals surface area contributed by atoms with Crippen molar-refractivity contribution in [1.82, 2.24) is 24.2 Å². The standard InChI is InChI=1S/C27H25Cl2N5O6S/c1-16-12-21(33-11-9-30-15-33)17-4-2-6-22(26(17)32-16)40-14-18-19(28)7-8-23(25(18)29)41(38,39)34-10-3-5-20(34)27(37)31-13-24(35)36/h2,4,6-9,11-12,15,20H,3,5,10,13-14H2,1H3,(H,31,37)(H,35,36)/t20-/m0/s1. The summed E-state index contributed by atoms with van der Waals surface area (Å²) in [6, 6.07) is 9.06. The first-order valence-electron chi connectivity index (χ1n) is 12.6. The number of sulfonamides is 1. The Morgan fingerprint density at radius 2 is 2.02 bits per heavy atom. The Bertz CT molecular complexity index is 1750. The zero-order valence-electron chi connectivity index (χ0n) is 21.8. The summed E-state index contributed by atoms with van der Waals surface area (Å²) in [4.78, 5) is 32.0. The molecule has 14 heteroatoms. The van der Waals surface area contributed by atoms with E-state index in [0.717, 1.165) is 21.1 Å². The predicted octanol–water partition coefficient (Wildman–Crippen LogP) is 3.97. The smallest absolute Gasteiger partial charge is 0.322 e. The molecular weight excluding hydrogens is 593 g/mol. The number of imidazole rings is 1. The molecule has 1 amide bonds. The van der Waals surface area contributed by atoms with Crippen LogP contribution in [-0.2, 0) is 26.2 Å². The highest BCUT2D eigenvalue weighted by Crippen LogP contribution is 2.37. The van der Waals surface area contributed by atoms with Crippen LogP contribution in [0, 0.1) is 6.92 Å². The second-order valence-corrected chi connectivity index (χ2v) is 12.1. The fourth-order valence-electron chi connectivity index (χ4n) is 4.81. The number of aryl methyl sites for hydroxylation is 1.